The van der Waals surface area contributed by atoms with E-state index in [-0.39, 0.29) is 12.8 Å². The monoisotopic (exact) mass is 380 g/mol. The first-order valence-electron chi connectivity index (χ1n) is 9.19. The summed E-state index contributed by atoms with van der Waals surface area (Å²) in [7, 11) is 2.51. The van der Waals surface area contributed by atoms with Crippen molar-refractivity contribution in [1.29, 1.82) is 0 Å². The molecule has 1 aliphatic rings. The van der Waals surface area contributed by atoms with E-state index in [2.05, 4.69) is 0 Å². The molecule has 0 saturated carbocycles. The topological polar surface area (TPSA) is 72.8 Å². The van der Waals surface area contributed by atoms with Gasteiger partial charge in [-0.15, -0.1) is 0 Å². The number of methoxy groups -OCH3 is 2. The molecule has 0 amide bonds. The van der Waals surface area contributed by atoms with Crippen LogP contribution in [-0.4, -0.2) is 31.3 Å². The number of hydrogen-bond acceptors (Lipinski definition) is 5. The summed E-state index contributed by atoms with van der Waals surface area (Å²) >= 11 is 0. The van der Waals surface area contributed by atoms with Gasteiger partial charge in [-0.3, -0.25) is 9.59 Å². The molecule has 0 fully saturated rings. The minimum absolute atomic E-state index is 0.100. The zero-order valence-corrected chi connectivity index (χ0v) is 16.0. The fraction of sp³-hybridized carbons (Fsp3) is 0.304. The number of hydrogen-bond donors (Lipinski definition) is 1. The largest absolute Gasteiger partial charge is 0.468 e. The summed E-state index contributed by atoms with van der Waals surface area (Å²) < 4.78 is 9.88. The van der Waals surface area contributed by atoms with Crippen molar-refractivity contribution < 1.29 is 24.2 Å². The Balaban J connectivity index is 2.10. The fourth-order valence-electron chi connectivity index (χ4n) is 3.94. The van der Waals surface area contributed by atoms with Gasteiger partial charge < -0.3 is 14.6 Å². The van der Waals surface area contributed by atoms with Gasteiger partial charge in [0, 0.05) is 5.92 Å². The number of benzene rings is 2. The van der Waals surface area contributed by atoms with Crippen LogP contribution >= 0.6 is 0 Å². The molecule has 28 heavy (non-hydrogen) atoms. The molecule has 3 rings (SSSR count). The Kier molecular flexibility index (Phi) is 5.95. The standard InChI is InChI=1S/C23H24O5/c1-27-21(25)23(22(26)28-2)14-13-18(16-9-5-3-6-10-16)19(15-23)20(24)17-11-7-4-8-12-17/h3-13,19-20,24H,14-15H2,1-2H3/t19-,20+/m0/s1. The van der Waals surface area contributed by atoms with Crippen LogP contribution in [0.15, 0.2) is 66.7 Å². The molecule has 0 aromatic heterocycles. The summed E-state index contributed by atoms with van der Waals surface area (Å²) in [6.07, 6.45) is 1.22. The van der Waals surface area contributed by atoms with E-state index < -0.39 is 29.4 Å². The molecular formula is C23H24O5. The highest BCUT2D eigenvalue weighted by Gasteiger charge is 2.52. The van der Waals surface area contributed by atoms with Crippen molar-refractivity contribution in [2.45, 2.75) is 18.9 Å². The van der Waals surface area contributed by atoms with Gasteiger partial charge in [0.1, 0.15) is 0 Å². The van der Waals surface area contributed by atoms with Gasteiger partial charge in [-0.05, 0) is 29.5 Å². The average Bonchev–Trinajstić information content (AvgIpc) is 2.78. The highest BCUT2D eigenvalue weighted by atomic mass is 16.5. The first kappa shape index (κ1) is 19.8. The van der Waals surface area contributed by atoms with Crippen molar-refractivity contribution in [3.8, 4) is 0 Å². The number of ether oxygens (including phenoxy) is 2. The van der Waals surface area contributed by atoms with Crippen molar-refractivity contribution in [1.82, 2.24) is 0 Å². The predicted octanol–water partition coefficient (Wildman–Crippen LogP) is 3.55. The lowest BCUT2D eigenvalue weighted by Gasteiger charge is -2.38. The lowest BCUT2D eigenvalue weighted by Crippen LogP contribution is -2.45. The molecule has 0 spiro atoms. The zero-order valence-electron chi connectivity index (χ0n) is 16.0. The molecule has 2 aromatic rings. The molecule has 0 unspecified atom stereocenters. The summed E-state index contributed by atoms with van der Waals surface area (Å²) in [4.78, 5) is 25.2. The van der Waals surface area contributed by atoms with E-state index in [1.54, 1.807) is 0 Å². The Morgan fingerprint density at radius 1 is 0.964 bits per heavy atom. The van der Waals surface area contributed by atoms with Crippen molar-refractivity contribution in [3.05, 3.63) is 77.9 Å². The van der Waals surface area contributed by atoms with Gasteiger partial charge in [-0.1, -0.05) is 66.7 Å². The second-order valence-corrected chi connectivity index (χ2v) is 6.96. The average molecular weight is 380 g/mol. The van der Waals surface area contributed by atoms with E-state index in [0.717, 1.165) is 16.7 Å². The number of aliphatic hydroxyl groups is 1. The SMILES string of the molecule is COC(=O)C1(C(=O)OC)CC=C(c2ccccc2)[C@@H]([C@H](O)c2ccccc2)C1. The van der Waals surface area contributed by atoms with Gasteiger partial charge in [-0.25, -0.2) is 0 Å². The fourth-order valence-corrected chi connectivity index (χ4v) is 3.94. The van der Waals surface area contributed by atoms with Crippen LogP contribution in [0.3, 0.4) is 0 Å². The molecule has 2 atom stereocenters. The van der Waals surface area contributed by atoms with Crippen LogP contribution in [0.5, 0.6) is 0 Å². The second kappa shape index (κ2) is 8.40. The van der Waals surface area contributed by atoms with Gasteiger partial charge in [0.15, 0.2) is 5.41 Å². The van der Waals surface area contributed by atoms with Crippen LogP contribution in [0.1, 0.15) is 30.1 Å². The maximum Gasteiger partial charge on any atom is 0.323 e. The van der Waals surface area contributed by atoms with E-state index in [4.69, 9.17) is 9.47 Å². The van der Waals surface area contributed by atoms with Gasteiger partial charge in [-0.2, -0.15) is 0 Å². The maximum absolute atomic E-state index is 12.6. The van der Waals surface area contributed by atoms with Crippen molar-refractivity contribution in [2.75, 3.05) is 14.2 Å². The lowest BCUT2D eigenvalue weighted by atomic mass is 9.66. The van der Waals surface area contributed by atoms with Gasteiger partial charge >= 0.3 is 11.9 Å². The van der Waals surface area contributed by atoms with Crippen LogP contribution < -0.4 is 0 Å². The Hall–Kier alpha value is -2.92. The van der Waals surface area contributed by atoms with Crippen LogP contribution in [0.4, 0.5) is 0 Å². The van der Waals surface area contributed by atoms with Gasteiger partial charge in [0.2, 0.25) is 0 Å². The van der Waals surface area contributed by atoms with E-state index in [1.807, 2.05) is 66.7 Å². The van der Waals surface area contributed by atoms with Crippen molar-refractivity contribution in [3.63, 3.8) is 0 Å². The normalized spacial score (nSPS) is 19.2. The van der Waals surface area contributed by atoms with Gasteiger partial charge in [0.05, 0.1) is 20.3 Å². The van der Waals surface area contributed by atoms with Crippen molar-refractivity contribution >= 4 is 17.5 Å². The summed E-state index contributed by atoms with van der Waals surface area (Å²) in [6.45, 7) is 0. The Labute approximate surface area is 164 Å². The lowest BCUT2D eigenvalue weighted by molar-refractivity contribution is -0.171. The molecule has 0 bridgehead atoms. The van der Waals surface area contributed by atoms with Crippen molar-refractivity contribution in [2.24, 2.45) is 11.3 Å². The quantitative estimate of drug-likeness (QED) is 0.634. The third-order valence-corrected chi connectivity index (χ3v) is 5.42. The summed E-state index contributed by atoms with van der Waals surface area (Å²) in [5.74, 6) is -1.77. The van der Waals surface area contributed by atoms with Gasteiger partial charge in [0.25, 0.3) is 0 Å². The maximum atomic E-state index is 12.6. The second-order valence-electron chi connectivity index (χ2n) is 6.96. The summed E-state index contributed by atoms with van der Waals surface area (Å²) in [5, 5.41) is 11.2. The first-order valence-corrected chi connectivity index (χ1v) is 9.19. The highest BCUT2D eigenvalue weighted by molar-refractivity contribution is 6.01. The van der Waals surface area contributed by atoms with Crippen LogP contribution in [0.25, 0.3) is 5.57 Å². The van der Waals surface area contributed by atoms with E-state index >= 15 is 0 Å². The first-order chi connectivity index (χ1) is 13.5. The minimum Gasteiger partial charge on any atom is -0.468 e. The Bertz CT molecular complexity index is 841. The summed E-state index contributed by atoms with van der Waals surface area (Å²) in [5.41, 5.74) is 1.11. The molecule has 2 aromatic carbocycles. The molecule has 0 aliphatic heterocycles. The molecule has 0 heterocycles. The van der Waals surface area contributed by atoms with Crippen LogP contribution in [-0.2, 0) is 19.1 Å². The Morgan fingerprint density at radius 2 is 1.50 bits per heavy atom. The smallest absolute Gasteiger partial charge is 0.323 e. The minimum atomic E-state index is -1.47. The molecular weight excluding hydrogens is 356 g/mol. The number of carbonyl (C=O) groups is 2. The van der Waals surface area contributed by atoms with E-state index in [9.17, 15) is 14.7 Å². The predicted molar refractivity (Wildman–Crippen MR) is 105 cm³/mol. The number of allylic oxidation sites excluding steroid dienone is 1. The third kappa shape index (κ3) is 3.58. The molecule has 0 radical (unpaired) electrons. The number of esters is 2. The van der Waals surface area contributed by atoms with Crippen LogP contribution in [0.2, 0.25) is 0 Å². The third-order valence-electron chi connectivity index (χ3n) is 5.42. The molecule has 146 valence electrons. The van der Waals surface area contributed by atoms with E-state index in [0.29, 0.717) is 0 Å². The molecule has 1 N–H and O–H groups in total. The summed E-state index contributed by atoms with van der Waals surface area (Å²) in [6, 6.07) is 18.9. The molecule has 5 nitrogen and oxygen atoms in total. The zero-order chi connectivity index (χ0) is 20.1. The molecule has 1 aliphatic carbocycles. The molecule has 0 saturated heterocycles. The van der Waals surface area contributed by atoms with Crippen LogP contribution in [0, 0.1) is 11.3 Å². The number of rotatable bonds is 5. The molecule has 5 heteroatoms. The Morgan fingerprint density at radius 3 is 2.04 bits per heavy atom. The number of aliphatic hydroxyl groups excluding tert-OH is 1. The van der Waals surface area contributed by atoms with E-state index in [1.165, 1.54) is 14.2 Å². The highest BCUT2D eigenvalue weighted by Crippen LogP contribution is 2.48. The number of carbonyl (C=O) groups excluding carboxylic acids is 2.